The molecule has 174 valence electrons. The Morgan fingerprint density at radius 3 is 2.39 bits per heavy atom. The van der Waals surface area contributed by atoms with Crippen molar-refractivity contribution in [2.75, 3.05) is 18.0 Å². The lowest BCUT2D eigenvalue weighted by Crippen LogP contribution is -2.45. The number of piperidine rings is 1. The van der Waals surface area contributed by atoms with E-state index in [9.17, 15) is 9.59 Å². The van der Waals surface area contributed by atoms with E-state index in [0.29, 0.717) is 60.8 Å². The zero-order valence-corrected chi connectivity index (χ0v) is 19.4. The third-order valence-corrected chi connectivity index (χ3v) is 6.91. The molecule has 10 heteroatoms. The van der Waals surface area contributed by atoms with E-state index in [4.69, 9.17) is 16.3 Å². The number of hydrogen-bond donors (Lipinski definition) is 0. The average molecular weight is 471 g/mol. The predicted molar refractivity (Wildman–Crippen MR) is 126 cm³/mol. The van der Waals surface area contributed by atoms with Gasteiger partial charge in [0.2, 0.25) is 5.95 Å². The largest absolute Gasteiger partial charge is 0.373 e. The van der Waals surface area contributed by atoms with Crippen LogP contribution in [-0.2, 0) is 18.4 Å². The van der Waals surface area contributed by atoms with Crippen molar-refractivity contribution in [1.82, 2.24) is 24.1 Å². The number of pyridine rings is 1. The first-order valence-electron chi connectivity index (χ1n) is 11.5. The SMILES string of the molecule is Cn1c(=O)c(=O)n(C2CCN(c3ncc(COC4CCCC4)cn3)CC2)c2ncc(Cl)cc21. The molecule has 2 aliphatic rings. The molecule has 1 aliphatic heterocycles. The molecule has 0 atom stereocenters. The standard InChI is InChI=1S/C23H27ClN6O3/c1-28-19-10-16(24)13-25-20(19)30(22(32)21(28)31)17-6-8-29(9-7-17)23-26-11-15(12-27-23)14-33-18-4-2-3-5-18/h10-13,17-18H,2-9,14H2,1H3. The normalized spacial score (nSPS) is 17.8. The summed E-state index contributed by atoms with van der Waals surface area (Å²) in [6.45, 7) is 1.90. The highest BCUT2D eigenvalue weighted by atomic mass is 35.5. The zero-order chi connectivity index (χ0) is 22.9. The topological polar surface area (TPSA) is 95.1 Å². The van der Waals surface area contributed by atoms with E-state index in [-0.39, 0.29) is 6.04 Å². The minimum Gasteiger partial charge on any atom is -0.373 e. The molecule has 0 bridgehead atoms. The molecule has 0 amide bonds. The van der Waals surface area contributed by atoms with Crippen LogP contribution in [0.15, 0.2) is 34.2 Å². The molecule has 1 aliphatic carbocycles. The van der Waals surface area contributed by atoms with E-state index < -0.39 is 11.1 Å². The summed E-state index contributed by atoms with van der Waals surface area (Å²) in [6.07, 6.45) is 11.7. The number of fused-ring (bicyclic) bond motifs is 1. The quantitative estimate of drug-likeness (QED) is 0.529. The van der Waals surface area contributed by atoms with Gasteiger partial charge in [-0.1, -0.05) is 24.4 Å². The predicted octanol–water partition coefficient (Wildman–Crippen LogP) is 2.84. The molecule has 0 spiro atoms. The third kappa shape index (κ3) is 4.39. The Morgan fingerprint density at radius 1 is 1.00 bits per heavy atom. The summed E-state index contributed by atoms with van der Waals surface area (Å²) in [5.41, 5.74) is 0.874. The summed E-state index contributed by atoms with van der Waals surface area (Å²) in [5, 5.41) is 0.423. The molecule has 3 aromatic rings. The van der Waals surface area contributed by atoms with Gasteiger partial charge in [0, 0.05) is 50.3 Å². The fraction of sp³-hybridized carbons (Fsp3) is 0.522. The molecule has 1 saturated carbocycles. The molecule has 9 nitrogen and oxygen atoms in total. The second kappa shape index (κ2) is 9.23. The summed E-state index contributed by atoms with van der Waals surface area (Å²) in [7, 11) is 1.57. The van der Waals surface area contributed by atoms with Gasteiger partial charge in [-0.2, -0.15) is 0 Å². The summed E-state index contributed by atoms with van der Waals surface area (Å²) >= 11 is 6.08. The average Bonchev–Trinajstić information content (AvgIpc) is 3.36. The molecule has 3 aromatic heterocycles. The van der Waals surface area contributed by atoms with Crippen molar-refractivity contribution in [3.05, 3.63) is 56.0 Å². The lowest BCUT2D eigenvalue weighted by atomic mass is 10.0. The van der Waals surface area contributed by atoms with Crippen LogP contribution in [0.1, 0.15) is 50.1 Å². The third-order valence-electron chi connectivity index (χ3n) is 6.70. The Kier molecular flexibility index (Phi) is 6.16. The molecule has 4 heterocycles. The maximum Gasteiger partial charge on any atom is 0.318 e. The van der Waals surface area contributed by atoms with Gasteiger partial charge in [-0.05, 0) is 31.7 Å². The number of anilines is 1. The lowest BCUT2D eigenvalue weighted by Gasteiger charge is -2.33. The molecule has 2 fully saturated rings. The van der Waals surface area contributed by atoms with Gasteiger partial charge in [0.15, 0.2) is 5.65 Å². The van der Waals surface area contributed by atoms with Crippen molar-refractivity contribution in [1.29, 1.82) is 0 Å². The van der Waals surface area contributed by atoms with E-state index in [1.54, 1.807) is 13.1 Å². The van der Waals surface area contributed by atoms with Crippen LogP contribution >= 0.6 is 11.6 Å². The first-order chi connectivity index (χ1) is 16.0. The first kappa shape index (κ1) is 22.0. The molecule has 0 unspecified atom stereocenters. The van der Waals surface area contributed by atoms with Gasteiger partial charge in [-0.3, -0.25) is 14.2 Å². The van der Waals surface area contributed by atoms with E-state index in [1.165, 1.54) is 28.2 Å². The number of nitrogens with zero attached hydrogens (tertiary/aromatic N) is 6. The molecular formula is C23H27ClN6O3. The van der Waals surface area contributed by atoms with Crippen LogP contribution in [0, 0.1) is 0 Å². The fourth-order valence-electron chi connectivity index (χ4n) is 4.82. The number of rotatable bonds is 5. The highest BCUT2D eigenvalue weighted by Crippen LogP contribution is 2.26. The van der Waals surface area contributed by atoms with Gasteiger partial charge < -0.3 is 14.2 Å². The summed E-state index contributed by atoms with van der Waals surface area (Å²) < 4.78 is 8.79. The van der Waals surface area contributed by atoms with Crippen LogP contribution in [0.4, 0.5) is 5.95 Å². The van der Waals surface area contributed by atoms with Gasteiger partial charge in [-0.25, -0.2) is 15.0 Å². The van der Waals surface area contributed by atoms with Crippen molar-refractivity contribution >= 4 is 28.7 Å². The van der Waals surface area contributed by atoms with Crippen molar-refractivity contribution in [2.45, 2.75) is 57.3 Å². The van der Waals surface area contributed by atoms with E-state index in [2.05, 4.69) is 19.9 Å². The number of aromatic nitrogens is 5. The maximum absolute atomic E-state index is 12.8. The molecule has 5 rings (SSSR count). The summed E-state index contributed by atoms with van der Waals surface area (Å²) in [5.74, 6) is 0.671. The van der Waals surface area contributed by atoms with Crippen LogP contribution in [0.3, 0.4) is 0 Å². The molecule has 0 aromatic carbocycles. The van der Waals surface area contributed by atoms with Crippen molar-refractivity contribution in [3.8, 4) is 0 Å². The minimum absolute atomic E-state index is 0.127. The van der Waals surface area contributed by atoms with Crippen LogP contribution < -0.4 is 16.0 Å². The molecule has 1 saturated heterocycles. The Morgan fingerprint density at radius 2 is 1.70 bits per heavy atom. The second-order valence-electron chi connectivity index (χ2n) is 8.86. The van der Waals surface area contributed by atoms with Gasteiger partial charge in [-0.15, -0.1) is 0 Å². The fourth-order valence-corrected chi connectivity index (χ4v) is 4.98. The first-order valence-corrected chi connectivity index (χ1v) is 11.8. The zero-order valence-electron chi connectivity index (χ0n) is 18.6. The van der Waals surface area contributed by atoms with Crippen molar-refractivity contribution in [2.24, 2.45) is 7.05 Å². The van der Waals surface area contributed by atoms with Gasteiger partial charge in [0.1, 0.15) is 0 Å². The summed E-state index contributed by atoms with van der Waals surface area (Å²) in [4.78, 5) is 40.9. The minimum atomic E-state index is -0.576. The Labute approximate surface area is 196 Å². The maximum atomic E-state index is 12.8. The van der Waals surface area contributed by atoms with Crippen LogP contribution in [0.2, 0.25) is 5.02 Å². The van der Waals surface area contributed by atoms with E-state index >= 15 is 0 Å². The van der Waals surface area contributed by atoms with Gasteiger partial charge in [0.05, 0.1) is 23.3 Å². The summed E-state index contributed by atoms with van der Waals surface area (Å²) in [6, 6.07) is 1.54. The van der Waals surface area contributed by atoms with Crippen LogP contribution in [-0.4, -0.2) is 43.3 Å². The van der Waals surface area contributed by atoms with Gasteiger partial charge in [0.25, 0.3) is 0 Å². The number of ether oxygens (including phenoxy) is 1. The van der Waals surface area contributed by atoms with Crippen molar-refractivity contribution < 1.29 is 4.74 Å². The van der Waals surface area contributed by atoms with Gasteiger partial charge >= 0.3 is 11.1 Å². The number of hydrogen-bond acceptors (Lipinski definition) is 7. The number of halogens is 1. The Hall–Kier alpha value is -2.78. The highest BCUT2D eigenvalue weighted by molar-refractivity contribution is 6.31. The molecule has 0 radical (unpaired) electrons. The molecule has 0 N–H and O–H groups in total. The highest BCUT2D eigenvalue weighted by Gasteiger charge is 2.26. The smallest absolute Gasteiger partial charge is 0.318 e. The Balaban J connectivity index is 1.29. The van der Waals surface area contributed by atoms with E-state index in [0.717, 1.165) is 18.4 Å². The Bertz CT molecular complexity index is 1260. The van der Waals surface area contributed by atoms with Crippen molar-refractivity contribution in [3.63, 3.8) is 0 Å². The second-order valence-corrected chi connectivity index (χ2v) is 9.30. The lowest BCUT2D eigenvalue weighted by molar-refractivity contribution is 0.0454. The molecule has 33 heavy (non-hydrogen) atoms. The van der Waals surface area contributed by atoms with E-state index in [1.807, 2.05) is 12.4 Å². The van der Waals surface area contributed by atoms with Crippen LogP contribution in [0.25, 0.3) is 11.2 Å². The monoisotopic (exact) mass is 470 g/mol. The number of aryl methyl sites for hydroxylation is 1. The molecular weight excluding hydrogens is 444 g/mol. The van der Waals surface area contributed by atoms with Crippen LogP contribution in [0.5, 0.6) is 0 Å².